The van der Waals surface area contributed by atoms with Gasteiger partial charge in [0.1, 0.15) is 11.6 Å². The number of anilines is 3. The molecule has 29 heavy (non-hydrogen) atoms. The Morgan fingerprint density at radius 1 is 1.00 bits per heavy atom. The van der Waals surface area contributed by atoms with Gasteiger partial charge in [-0.15, -0.1) is 0 Å². The normalized spacial score (nSPS) is 10.3. The second-order valence-electron chi connectivity index (χ2n) is 6.30. The van der Waals surface area contributed by atoms with Crippen LogP contribution >= 0.6 is 0 Å². The fourth-order valence-corrected chi connectivity index (χ4v) is 2.66. The Bertz CT molecular complexity index is 1020. The van der Waals surface area contributed by atoms with E-state index >= 15 is 0 Å². The molecule has 0 radical (unpaired) electrons. The van der Waals surface area contributed by atoms with Crippen LogP contribution in [0.3, 0.4) is 0 Å². The lowest BCUT2D eigenvalue weighted by Crippen LogP contribution is -2.24. The monoisotopic (exact) mass is 392 g/mol. The second kappa shape index (κ2) is 9.45. The molecule has 0 fully saturated rings. The van der Waals surface area contributed by atoms with Crippen LogP contribution in [0.1, 0.15) is 34.1 Å². The maximum Gasteiger partial charge on any atom is 0.259 e. The van der Waals surface area contributed by atoms with Crippen LogP contribution in [0.4, 0.5) is 21.6 Å². The molecule has 148 valence electrons. The Kier molecular flexibility index (Phi) is 6.52. The minimum Gasteiger partial charge on any atom is -0.352 e. The van der Waals surface area contributed by atoms with Gasteiger partial charge in [-0.1, -0.05) is 25.1 Å². The number of halogens is 1. The van der Waals surface area contributed by atoms with Crippen LogP contribution in [0.25, 0.3) is 0 Å². The summed E-state index contributed by atoms with van der Waals surface area (Å²) in [5.41, 5.74) is 1.39. The number of nitrogens with zero attached hydrogens (tertiary/aromatic N) is 1. The molecule has 0 unspecified atom stereocenters. The van der Waals surface area contributed by atoms with E-state index in [4.69, 9.17) is 0 Å². The fraction of sp³-hybridized carbons (Fsp3) is 0.136. The molecule has 3 aromatic rings. The summed E-state index contributed by atoms with van der Waals surface area (Å²) in [5, 5.41) is 8.40. The fourth-order valence-electron chi connectivity index (χ4n) is 2.66. The van der Waals surface area contributed by atoms with Crippen LogP contribution in [0.5, 0.6) is 0 Å². The molecular weight excluding hydrogens is 371 g/mol. The van der Waals surface area contributed by atoms with E-state index in [1.54, 1.807) is 54.6 Å². The first-order valence-corrected chi connectivity index (χ1v) is 9.24. The number of hydrogen-bond acceptors (Lipinski definition) is 4. The van der Waals surface area contributed by atoms with Crippen molar-refractivity contribution in [1.29, 1.82) is 0 Å². The molecular formula is C22H21FN4O2. The first kappa shape index (κ1) is 20.0. The van der Waals surface area contributed by atoms with Crippen molar-refractivity contribution in [2.45, 2.75) is 13.3 Å². The first-order valence-electron chi connectivity index (χ1n) is 9.24. The Balaban J connectivity index is 1.78. The number of benzene rings is 2. The van der Waals surface area contributed by atoms with Gasteiger partial charge in [0.25, 0.3) is 11.8 Å². The third kappa shape index (κ3) is 5.16. The molecule has 2 amide bonds. The van der Waals surface area contributed by atoms with Gasteiger partial charge < -0.3 is 16.0 Å². The molecule has 3 rings (SSSR count). The molecule has 0 aliphatic rings. The van der Waals surface area contributed by atoms with Gasteiger partial charge in [0.2, 0.25) is 0 Å². The summed E-state index contributed by atoms with van der Waals surface area (Å²) in [5.74, 6) is -0.850. The lowest BCUT2D eigenvalue weighted by Gasteiger charge is -2.12. The minimum absolute atomic E-state index is 0.203. The SMILES string of the molecule is CCCNC(=O)c1cccc(NC(=O)c2cccnc2Nc2ccccc2F)c1. The van der Waals surface area contributed by atoms with Crippen LogP contribution in [-0.2, 0) is 0 Å². The minimum atomic E-state index is -0.449. The van der Waals surface area contributed by atoms with Crippen molar-refractivity contribution in [2.24, 2.45) is 0 Å². The van der Waals surface area contributed by atoms with E-state index < -0.39 is 11.7 Å². The molecule has 1 heterocycles. The van der Waals surface area contributed by atoms with E-state index in [1.807, 2.05) is 6.92 Å². The first-order chi connectivity index (χ1) is 14.1. The van der Waals surface area contributed by atoms with Gasteiger partial charge in [-0.25, -0.2) is 9.37 Å². The molecule has 3 N–H and O–H groups in total. The van der Waals surface area contributed by atoms with Crippen molar-refractivity contribution in [2.75, 3.05) is 17.2 Å². The van der Waals surface area contributed by atoms with Crippen LogP contribution in [-0.4, -0.2) is 23.3 Å². The Morgan fingerprint density at radius 2 is 1.83 bits per heavy atom. The summed E-state index contributed by atoms with van der Waals surface area (Å²) >= 11 is 0. The van der Waals surface area contributed by atoms with Crippen molar-refractivity contribution in [3.8, 4) is 0 Å². The van der Waals surface area contributed by atoms with Gasteiger partial charge in [-0.2, -0.15) is 0 Å². The van der Waals surface area contributed by atoms with Crippen LogP contribution < -0.4 is 16.0 Å². The summed E-state index contributed by atoms with van der Waals surface area (Å²) in [6.07, 6.45) is 2.35. The molecule has 0 saturated carbocycles. The van der Waals surface area contributed by atoms with Crippen LogP contribution in [0, 0.1) is 5.82 Å². The van der Waals surface area contributed by atoms with E-state index in [0.29, 0.717) is 17.8 Å². The van der Waals surface area contributed by atoms with E-state index in [2.05, 4.69) is 20.9 Å². The molecule has 7 heteroatoms. The number of carbonyl (C=O) groups is 2. The third-order valence-corrected chi connectivity index (χ3v) is 4.10. The number of pyridine rings is 1. The van der Waals surface area contributed by atoms with Crippen LogP contribution in [0.2, 0.25) is 0 Å². The standard InChI is InChI=1S/C22H21FN4O2/c1-2-12-25-21(28)15-7-5-8-16(14-15)26-22(29)17-9-6-13-24-20(17)27-19-11-4-3-10-18(19)23/h3-11,13-14H,2,12H2,1H3,(H,24,27)(H,25,28)(H,26,29). The van der Waals surface area contributed by atoms with Crippen molar-refractivity contribution < 1.29 is 14.0 Å². The van der Waals surface area contributed by atoms with Gasteiger partial charge in [0, 0.05) is 24.0 Å². The van der Waals surface area contributed by atoms with E-state index in [1.165, 1.54) is 12.3 Å². The van der Waals surface area contributed by atoms with Crippen molar-refractivity contribution in [1.82, 2.24) is 10.3 Å². The van der Waals surface area contributed by atoms with Crippen LogP contribution in [0.15, 0.2) is 66.9 Å². The zero-order chi connectivity index (χ0) is 20.6. The third-order valence-electron chi connectivity index (χ3n) is 4.10. The summed E-state index contributed by atoms with van der Waals surface area (Å²) in [6, 6.07) is 16.0. The molecule has 1 aromatic heterocycles. The highest BCUT2D eigenvalue weighted by Gasteiger charge is 2.15. The zero-order valence-corrected chi connectivity index (χ0v) is 15.9. The summed E-state index contributed by atoms with van der Waals surface area (Å²) in [6.45, 7) is 2.55. The van der Waals surface area contributed by atoms with Crippen molar-refractivity contribution in [3.05, 3.63) is 83.8 Å². The van der Waals surface area contributed by atoms with Crippen molar-refractivity contribution >= 4 is 29.0 Å². The summed E-state index contributed by atoms with van der Waals surface area (Å²) in [4.78, 5) is 29.1. The molecule has 0 aliphatic heterocycles. The number of nitrogens with one attached hydrogen (secondary N) is 3. The maximum atomic E-state index is 13.9. The van der Waals surface area contributed by atoms with E-state index in [0.717, 1.165) is 6.42 Å². The Hall–Kier alpha value is -3.74. The highest BCUT2D eigenvalue weighted by Crippen LogP contribution is 2.22. The highest BCUT2D eigenvalue weighted by molar-refractivity contribution is 6.08. The Labute approximate surface area is 168 Å². The molecule has 6 nitrogen and oxygen atoms in total. The molecule has 2 aromatic carbocycles. The number of carbonyl (C=O) groups excluding carboxylic acids is 2. The lowest BCUT2D eigenvalue weighted by molar-refractivity contribution is 0.0952. The van der Waals surface area contributed by atoms with Gasteiger partial charge in [0.15, 0.2) is 0 Å². The van der Waals surface area contributed by atoms with Crippen molar-refractivity contribution in [3.63, 3.8) is 0 Å². The van der Waals surface area contributed by atoms with Gasteiger partial charge in [0.05, 0.1) is 11.3 Å². The average molecular weight is 392 g/mol. The topological polar surface area (TPSA) is 83.1 Å². The summed E-state index contributed by atoms with van der Waals surface area (Å²) < 4.78 is 13.9. The zero-order valence-electron chi connectivity index (χ0n) is 15.9. The average Bonchev–Trinajstić information content (AvgIpc) is 2.74. The largest absolute Gasteiger partial charge is 0.352 e. The smallest absolute Gasteiger partial charge is 0.259 e. The number of amides is 2. The second-order valence-corrected chi connectivity index (χ2v) is 6.30. The predicted octanol–water partition coefficient (Wildman–Crippen LogP) is 4.36. The predicted molar refractivity (Wildman–Crippen MR) is 111 cm³/mol. The van der Waals surface area contributed by atoms with E-state index in [-0.39, 0.29) is 23.0 Å². The quantitative estimate of drug-likeness (QED) is 0.558. The maximum absolute atomic E-state index is 13.9. The highest BCUT2D eigenvalue weighted by atomic mass is 19.1. The molecule has 0 bridgehead atoms. The molecule has 0 aliphatic carbocycles. The molecule has 0 atom stereocenters. The lowest BCUT2D eigenvalue weighted by atomic mass is 10.1. The van der Waals surface area contributed by atoms with Gasteiger partial charge >= 0.3 is 0 Å². The van der Waals surface area contributed by atoms with Gasteiger partial charge in [-0.05, 0) is 48.9 Å². The summed E-state index contributed by atoms with van der Waals surface area (Å²) in [7, 11) is 0. The van der Waals surface area contributed by atoms with E-state index in [9.17, 15) is 14.0 Å². The molecule has 0 spiro atoms. The number of hydrogen-bond donors (Lipinski definition) is 3. The Morgan fingerprint density at radius 3 is 2.62 bits per heavy atom. The number of rotatable bonds is 7. The number of para-hydroxylation sites is 1. The van der Waals surface area contributed by atoms with Gasteiger partial charge in [-0.3, -0.25) is 9.59 Å². The molecule has 0 saturated heterocycles. The number of aromatic nitrogens is 1.